The van der Waals surface area contributed by atoms with Gasteiger partial charge in [-0.15, -0.1) is 11.6 Å². The molecule has 0 aromatic heterocycles. The minimum atomic E-state index is 0.656. The second kappa shape index (κ2) is 4.79. The van der Waals surface area contributed by atoms with E-state index in [0.717, 1.165) is 11.8 Å². The van der Waals surface area contributed by atoms with Gasteiger partial charge in [0.1, 0.15) is 0 Å². The standard InChI is InChI=1S/C9H16Cl/c1-7(2)5-9(10)6-8(3)4/h5,8H,6H2,1-4H3. The highest BCUT2D eigenvalue weighted by Gasteiger charge is 2.03. The van der Waals surface area contributed by atoms with Gasteiger partial charge in [-0.05, 0) is 26.2 Å². The zero-order chi connectivity index (χ0) is 8.15. The number of allylic oxidation sites excluding steroid dienone is 2. The Morgan fingerprint density at radius 2 is 1.90 bits per heavy atom. The van der Waals surface area contributed by atoms with Crippen molar-refractivity contribution in [3.8, 4) is 0 Å². The van der Waals surface area contributed by atoms with Crippen molar-refractivity contribution in [3.05, 3.63) is 17.0 Å². The van der Waals surface area contributed by atoms with Crippen molar-refractivity contribution in [1.29, 1.82) is 0 Å². The highest BCUT2D eigenvalue weighted by atomic mass is 35.5. The Bertz CT molecular complexity index is 110. The van der Waals surface area contributed by atoms with E-state index >= 15 is 0 Å². The molecule has 10 heavy (non-hydrogen) atoms. The largest absolute Gasteiger partial charge is 0.112 e. The maximum atomic E-state index is 5.91. The average Bonchev–Trinajstić information content (AvgIpc) is 1.58. The van der Waals surface area contributed by atoms with Crippen LogP contribution in [-0.2, 0) is 0 Å². The summed E-state index contributed by atoms with van der Waals surface area (Å²) < 4.78 is 0. The highest BCUT2D eigenvalue weighted by Crippen LogP contribution is 2.20. The molecule has 0 aliphatic rings. The van der Waals surface area contributed by atoms with E-state index in [1.807, 2.05) is 6.08 Å². The molecule has 0 aromatic carbocycles. The van der Waals surface area contributed by atoms with Gasteiger partial charge in [0.2, 0.25) is 0 Å². The van der Waals surface area contributed by atoms with Crippen LogP contribution in [0.5, 0.6) is 0 Å². The van der Waals surface area contributed by atoms with Crippen LogP contribution in [-0.4, -0.2) is 0 Å². The van der Waals surface area contributed by atoms with Crippen molar-refractivity contribution < 1.29 is 0 Å². The van der Waals surface area contributed by atoms with E-state index in [2.05, 4.69) is 27.7 Å². The molecule has 1 heteroatoms. The molecule has 0 rings (SSSR count). The topological polar surface area (TPSA) is 0 Å². The van der Waals surface area contributed by atoms with Gasteiger partial charge < -0.3 is 0 Å². The molecule has 0 nitrogen and oxygen atoms in total. The lowest BCUT2D eigenvalue weighted by Gasteiger charge is -2.06. The van der Waals surface area contributed by atoms with Crippen molar-refractivity contribution in [1.82, 2.24) is 0 Å². The molecule has 0 spiro atoms. The normalized spacial score (nSPS) is 10.7. The molecule has 0 heterocycles. The molecule has 1 radical (unpaired) electrons. The summed E-state index contributed by atoms with van der Waals surface area (Å²) in [4.78, 5) is 0. The SMILES string of the molecule is CC(C)=C[C](Cl)CC(C)C. The molecule has 0 aliphatic carbocycles. The van der Waals surface area contributed by atoms with Crippen LogP contribution in [0.1, 0.15) is 34.1 Å². The number of rotatable bonds is 3. The molecule has 0 amide bonds. The number of halogens is 1. The first-order chi connectivity index (χ1) is 4.52. The molecular weight excluding hydrogens is 144 g/mol. The zero-order valence-corrected chi connectivity index (χ0v) is 8.00. The van der Waals surface area contributed by atoms with Gasteiger partial charge in [-0.1, -0.05) is 25.5 Å². The Labute approximate surface area is 69.3 Å². The van der Waals surface area contributed by atoms with Crippen molar-refractivity contribution in [2.75, 3.05) is 0 Å². The Hall–Kier alpha value is 0.0300. The average molecular weight is 160 g/mol. The first kappa shape index (κ1) is 10.0. The van der Waals surface area contributed by atoms with E-state index in [9.17, 15) is 0 Å². The third kappa shape index (κ3) is 6.15. The summed E-state index contributed by atoms with van der Waals surface area (Å²) in [5, 5.41) is 0.968. The van der Waals surface area contributed by atoms with E-state index in [-0.39, 0.29) is 0 Å². The van der Waals surface area contributed by atoms with Crippen molar-refractivity contribution >= 4 is 11.6 Å². The summed E-state index contributed by atoms with van der Waals surface area (Å²) in [5.41, 5.74) is 1.27. The molecular formula is C9H16Cl. The Kier molecular flexibility index (Phi) is 4.80. The van der Waals surface area contributed by atoms with Crippen molar-refractivity contribution in [3.63, 3.8) is 0 Å². The van der Waals surface area contributed by atoms with Gasteiger partial charge in [-0.25, -0.2) is 0 Å². The van der Waals surface area contributed by atoms with Crippen LogP contribution in [0.15, 0.2) is 11.6 Å². The fourth-order valence-corrected chi connectivity index (χ4v) is 1.29. The second-order valence-corrected chi connectivity index (χ2v) is 3.75. The third-order valence-electron chi connectivity index (χ3n) is 1.05. The highest BCUT2D eigenvalue weighted by molar-refractivity contribution is 6.28. The van der Waals surface area contributed by atoms with E-state index in [4.69, 9.17) is 11.6 Å². The monoisotopic (exact) mass is 159 g/mol. The quantitative estimate of drug-likeness (QED) is 0.588. The molecule has 0 N–H and O–H groups in total. The van der Waals surface area contributed by atoms with E-state index in [1.54, 1.807) is 0 Å². The molecule has 0 saturated carbocycles. The summed E-state index contributed by atoms with van der Waals surface area (Å²) in [5.74, 6) is 0.656. The van der Waals surface area contributed by atoms with Crippen LogP contribution in [0, 0.1) is 11.3 Å². The summed E-state index contributed by atoms with van der Waals surface area (Å²) in [6, 6.07) is 0. The molecule has 0 fully saturated rings. The van der Waals surface area contributed by atoms with E-state index in [1.165, 1.54) is 5.57 Å². The van der Waals surface area contributed by atoms with Crippen LogP contribution in [0.25, 0.3) is 0 Å². The summed E-state index contributed by atoms with van der Waals surface area (Å²) in [6.07, 6.45) is 3.02. The molecule has 0 aliphatic heterocycles. The molecule has 0 aromatic rings. The maximum Gasteiger partial charge on any atom is 0.0857 e. The Morgan fingerprint density at radius 1 is 1.40 bits per heavy atom. The smallest absolute Gasteiger partial charge is 0.0857 e. The molecule has 0 unspecified atom stereocenters. The van der Waals surface area contributed by atoms with Gasteiger partial charge >= 0.3 is 0 Å². The first-order valence-electron chi connectivity index (χ1n) is 3.68. The second-order valence-electron chi connectivity index (χ2n) is 3.27. The van der Waals surface area contributed by atoms with Crippen LogP contribution in [0.2, 0.25) is 0 Å². The van der Waals surface area contributed by atoms with Gasteiger partial charge in [-0.2, -0.15) is 0 Å². The van der Waals surface area contributed by atoms with Gasteiger partial charge in [0, 0.05) is 0 Å². The third-order valence-corrected chi connectivity index (χ3v) is 1.31. The molecule has 0 bridgehead atoms. The van der Waals surface area contributed by atoms with Crippen LogP contribution in [0.3, 0.4) is 0 Å². The van der Waals surface area contributed by atoms with Gasteiger partial charge in [0.05, 0.1) is 5.38 Å². The van der Waals surface area contributed by atoms with Gasteiger partial charge in [0.15, 0.2) is 0 Å². The lowest BCUT2D eigenvalue weighted by molar-refractivity contribution is 0.636. The van der Waals surface area contributed by atoms with Gasteiger partial charge in [-0.3, -0.25) is 0 Å². The maximum absolute atomic E-state index is 5.91. The van der Waals surface area contributed by atoms with Crippen LogP contribution in [0.4, 0.5) is 0 Å². The predicted octanol–water partition coefficient (Wildman–Crippen LogP) is 3.77. The number of hydrogen-bond acceptors (Lipinski definition) is 0. The minimum absolute atomic E-state index is 0.656. The molecule has 0 atom stereocenters. The zero-order valence-electron chi connectivity index (χ0n) is 7.24. The fraction of sp³-hybridized carbons (Fsp3) is 0.667. The summed E-state index contributed by atoms with van der Waals surface area (Å²) in [7, 11) is 0. The predicted molar refractivity (Wildman–Crippen MR) is 48.0 cm³/mol. The van der Waals surface area contributed by atoms with Crippen LogP contribution < -0.4 is 0 Å². The first-order valence-corrected chi connectivity index (χ1v) is 4.06. The molecule has 0 saturated heterocycles. The fourth-order valence-electron chi connectivity index (χ4n) is 0.762. The lowest BCUT2D eigenvalue weighted by Crippen LogP contribution is -1.92. The van der Waals surface area contributed by atoms with Crippen molar-refractivity contribution in [2.24, 2.45) is 5.92 Å². The molecule has 59 valence electrons. The lowest BCUT2D eigenvalue weighted by atomic mass is 10.1. The summed E-state index contributed by atoms with van der Waals surface area (Å²) >= 11 is 5.91. The Morgan fingerprint density at radius 3 is 2.20 bits per heavy atom. The van der Waals surface area contributed by atoms with Crippen LogP contribution >= 0.6 is 11.6 Å². The summed E-state index contributed by atoms with van der Waals surface area (Å²) in [6.45, 7) is 8.45. The minimum Gasteiger partial charge on any atom is -0.112 e. The van der Waals surface area contributed by atoms with Gasteiger partial charge in [0.25, 0.3) is 0 Å². The van der Waals surface area contributed by atoms with Crippen molar-refractivity contribution in [2.45, 2.75) is 34.1 Å². The number of hydrogen-bond donors (Lipinski definition) is 0. The Balaban J connectivity index is 3.64. The van der Waals surface area contributed by atoms with E-state index in [0.29, 0.717) is 5.92 Å². The van der Waals surface area contributed by atoms with E-state index < -0.39 is 0 Å².